The zero-order chi connectivity index (χ0) is 28.3. The molecule has 0 atom stereocenters. The number of carbonyl (C=O) groups excluding carboxylic acids is 1. The molecule has 36 heavy (non-hydrogen) atoms. The summed E-state index contributed by atoms with van der Waals surface area (Å²) in [6.07, 6.45) is 1.35. The number of rotatable bonds is 9. The van der Waals surface area contributed by atoms with Gasteiger partial charge in [0.25, 0.3) is 0 Å². The molecule has 2 aromatic carbocycles. The minimum Gasteiger partial charge on any atom is -0.388 e. The minimum atomic E-state index is -1.18. The van der Waals surface area contributed by atoms with E-state index in [1.165, 1.54) is 31.7 Å². The van der Waals surface area contributed by atoms with Crippen molar-refractivity contribution in [3.8, 4) is 0 Å². The van der Waals surface area contributed by atoms with Crippen molar-refractivity contribution in [2.75, 3.05) is 26.0 Å². The van der Waals surface area contributed by atoms with E-state index in [0.29, 0.717) is 11.3 Å². The van der Waals surface area contributed by atoms with Crippen LogP contribution < -0.4 is 16.0 Å². The van der Waals surface area contributed by atoms with Crippen LogP contribution in [0.25, 0.3) is 5.70 Å². The molecule has 0 saturated carbocycles. The number of amides is 1. The van der Waals surface area contributed by atoms with Gasteiger partial charge in [-0.15, -0.1) is 0 Å². The number of aryl methyl sites for hydroxylation is 1. The van der Waals surface area contributed by atoms with Crippen LogP contribution in [0.1, 0.15) is 71.1 Å². The summed E-state index contributed by atoms with van der Waals surface area (Å²) in [5.74, 6) is -3.11. The van der Waals surface area contributed by atoms with Crippen molar-refractivity contribution >= 4 is 23.0 Å². The van der Waals surface area contributed by atoms with Gasteiger partial charge in [0, 0.05) is 37.3 Å². The smallest absolute Gasteiger partial charge is 0.222 e. The number of carbonyl (C=O) groups is 1. The third kappa shape index (κ3) is 11.6. The van der Waals surface area contributed by atoms with Gasteiger partial charge in [-0.2, -0.15) is 0 Å². The third-order valence-electron chi connectivity index (χ3n) is 4.30. The molecule has 0 aliphatic rings. The molecule has 0 heterocycles. The lowest BCUT2D eigenvalue weighted by Gasteiger charge is -2.18. The summed E-state index contributed by atoms with van der Waals surface area (Å²) in [4.78, 5) is 11.2. The Morgan fingerprint density at radius 1 is 0.972 bits per heavy atom. The van der Waals surface area contributed by atoms with Crippen LogP contribution in [0, 0.1) is 24.4 Å². The molecular formula is C28H44F3N3O2. The first-order valence-corrected chi connectivity index (χ1v) is 12.4. The molecule has 0 aliphatic carbocycles. The topological polar surface area (TPSA) is 62.4 Å². The first kappa shape index (κ1) is 35.2. The Hall–Kier alpha value is -3.00. The van der Waals surface area contributed by atoms with Gasteiger partial charge in [-0.05, 0) is 30.7 Å². The van der Waals surface area contributed by atoms with Gasteiger partial charge in [0.1, 0.15) is 5.82 Å². The molecule has 5 nitrogen and oxygen atoms in total. The lowest BCUT2D eigenvalue weighted by molar-refractivity contribution is -0.121. The molecular weight excluding hydrogens is 467 g/mol. The van der Waals surface area contributed by atoms with E-state index in [9.17, 15) is 18.0 Å². The van der Waals surface area contributed by atoms with Crippen molar-refractivity contribution in [3.63, 3.8) is 0 Å². The van der Waals surface area contributed by atoms with Crippen molar-refractivity contribution in [2.24, 2.45) is 0 Å². The Labute approximate surface area is 215 Å². The molecule has 0 bridgehead atoms. The van der Waals surface area contributed by atoms with Gasteiger partial charge in [0.2, 0.25) is 5.91 Å². The Bertz CT molecular complexity index is 935. The van der Waals surface area contributed by atoms with Gasteiger partial charge >= 0.3 is 0 Å². The molecule has 2 aromatic rings. The SMILES string of the molecule is C=C(NC)c1cc(COCCC(=O)NC)c(F)c(F)c1Nc1ccc(C)cc1F.CC.CC.CCC. The summed E-state index contributed by atoms with van der Waals surface area (Å²) in [7, 11) is 3.08. The van der Waals surface area contributed by atoms with Crippen molar-refractivity contribution in [1.29, 1.82) is 0 Å². The highest BCUT2D eigenvalue weighted by Crippen LogP contribution is 2.33. The van der Waals surface area contributed by atoms with Crippen LogP contribution in [-0.4, -0.2) is 26.6 Å². The number of halogens is 3. The van der Waals surface area contributed by atoms with E-state index in [1.54, 1.807) is 20.0 Å². The highest BCUT2D eigenvalue weighted by Gasteiger charge is 2.21. The molecule has 0 spiro atoms. The monoisotopic (exact) mass is 511 g/mol. The zero-order valence-corrected chi connectivity index (χ0v) is 23.3. The van der Waals surface area contributed by atoms with Gasteiger partial charge in [-0.25, -0.2) is 13.2 Å². The second kappa shape index (κ2) is 20.2. The Kier molecular flexibility index (Phi) is 19.7. The molecule has 2 rings (SSSR count). The summed E-state index contributed by atoms with van der Waals surface area (Å²) in [6.45, 7) is 17.6. The van der Waals surface area contributed by atoms with Crippen LogP contribution in [0.15, 0.2) is 30.8 Å². The molecule has 8 heteroatoms. The van der Waals surface area contributed by atoms with Crippen molar-refractivity contribution < 1.29 is 22.7 Å². The van der Waals surface area contributed by atoms with Crippen LogP contribution in [0.5, 0.6) is 0 Å². The summed E-state index contributed by atoms with van der Waals surface area (Å²) in [6, 6.07) is 5.77. The summed E-state index contributed by atoms with van der Waals surface area (Å²) >= 11 is 0. The fourth-order valence-corrected chi connectivity index (χ4v) is 2.61. The standard InChI is InChI=1S/C21H24F3N3O2.C3H8.2C2H6/c1-12-5-6-17(16(22)9-12)27-21-15(13(2)25-3)10-14(19(23)20(21)24)11-29-8-7-18(28)26-4;1-3-2;2*1-2/h5-6,9-10,25,27H,2,7-8,11H2,1,3-4H3,(H,26,28);3H2,1-2H3;2*1-2H3. The molecule has 0 radical (unpaired) electrons. The predicted octanol–water partition coefficient (Wildman–Crippen LogP) is 7.47. The second-order valence-corrected chi connectivity index (χ2v) is 7.11. The fraction of sp³-hybridized carbons (Fsp3) is 0.464. The average molecular weight is 512 g/mol. The first-order valence-electron chi connectivity index (χ1n) is 12.4. The number of hydrogen-bond donors (Lipinski definition) is 3. The maximum Gasteiger partial charge on any atom is 0.222 e. The van der Waals surface area contributed by atoms with E-state index >= 15 is 0 Å². The predicted molar refractivity (Wildman–Crippen MR) is 146 cm³/mol. The first-order chi connectivity index (χ1) is 17.2. The van der Waals surface area contributed by atoms with Gasteiger partial charge < -0.3 is 20.7 Å². The van der Waals surface area contributed by atoms with E-state index < -0.39 is 17.5 Å². The van der Waals surface area contributed by atoms with Crippen LogP contribution in [0.3, 0.4) is 0 Å². The molecule has 1 amide bonds. The Morgan fingerprint density at radius 2 is 1.56 bits per heavy atom. The van der Waals surface area contributed by atoms with E-state index in [2.05, 4.69) is 36.4 Å². The van der Waals surface area contributed by atoms with Crippen molar-refractivity contribution in [1.82, 2.24) is 10.6 Å². The normalized spacial score (nSPS) is 9.33. The van der Waals surface area contributed by atoms with Crippen LogP contribution in [-0.2, 0) is 16.1 Å². The van der Waals surface area contributed by atoms with E-state index in [0.717, 1.165) is 0 Å². The summed E-state index contributed by atoms with van der Waals surface area (Å²) in [5, 5.41) is 7.85. The van der Waals surface area contributed by atoms with E-state index in [1.807, 2.05) is 27.7 Å². The maximum absolute atomic E-state index is 14.9. The second-order valence-electron chi connectivity index (χ2n) is 7.11. The number of ether oxygens (including phenoxy) is 1. The van der Waals surface area contributed by atoms with E-state index in [-0.39, 0.29) is 48.0 Å². The molecule has 3 N–H and O–H groups in total. The van der Waals surface area contributed by atoms with Crippen molar-refractivity contribution in [2.45, 2.75) is 67.9 Å². The lowest BCUT2D eigenvalue weighted by atomic mass is 10.0. The fourth-order valence-electron chi connectivity index (χ4n) is 2.61. The summed E-state index contributed by atoms with van der Waals surface area (Å²) in [5.41, 5.74) is 0.971. The van der Waals surface area contributed by atoms with Gasteiger partial charge in [0.05, 0.1) is 24.6 Å². The van der Waals surface area contributed by atoms with Gasteiger partial charge in [-0.1, -0.05) is 60.6 Å². The highest BCUT2D eigenvalue weighted by molar-refractivity contribution is 5.78. The number of benzene rings is 2. The zero-order valence-electron chi connectivity index (χ0n) is 23.3. The molecule has 0 aromatic heterocycles. The number of hydrogen-bond acceptors (Lipinski definition) is 4. The molecule has 0 saturated heterocycles. The van der Waals surface area contributed by atoms with Crippen LogP contribution >= 0.6 is 0 Å². The lowest BCUT2D eigenvalue weighted by Crippen LogP contribution is -2.19. The van der Waals surface area contributed by atoms with Gasteiger partial charge in [0.15, 0.2) is 11.6 Å². The quantitative estimate of drug-likeness (QED) is 0.306. The van der Waals surface area contributed by atoms with Gasteiger partial charge in [-0.3, -0.25) is 4.79 Å². The van der Waals surface area contributed by atoms with E-state index in [4.69, 9.17) is 4.74 Å². The number of nitrogens with one attached hydrogen (secondary N) is 3. The molecule has 204 valence electrons. The third-order valence-corrected chi connectivity index (χ3v) is 4.30. The molecule has 0 aliphatic heterocycles. The maximum atomic E-state index is 14.9. The number of anilines is 2. The highest BCUT2D eigenvalue weighted by atomic mass is 19.2. The van der Waals surface area contributed by atoms with Crippen molar-refractivity contribution in [3.05, 3.63) is 65.0 Å². The Morgan fingerprint density at radius 3 is 2.06 bits per heavy atom. The minimum absolute atomic E-state index is 0.00799. The van der Waals surface area contributed by atoms with Crippen LogP contribution in [0.4, 0.5) is 24.5 Å². The average Bonchev–Trinajstić information content (AvgIpc) is 2.89. The largest absolute Gasteiger partial charge is 0.388 e. The Balaban J connectivity index is 0. The molecule has 0 unspecified atom stereocenters. The molecule has 0 fully saturated rings. The van der Waals surface area contributed by atoms with Crippen LogP contribution in [0.2, 0.25) is 0 Å². The summed E-state index contributed by atoms with van der Waals surface area (Å²) < 4.78 is 49.0.